The third-order valence-electron chi connectivity index (χ3n) is 5.15. The lowest BCUT2D eigenvalue weighted by Gasteiger charge is -2.26. The standard InChI is InChI=1S/C23H29N5O2.HI/c1-16-4-7-20(17(2)12-16)14-27-23(24-3)26-13-18-5-8-19(9-6-18)22(30)28-11-10-25-21(29)15-28;/h4-9,12H,10-11,13-15H2,1-3H3,(H,25,29)(H2,24,26,27);1H. The lowest BCUT2D eigenvalue weighted by atomic mass is 10.1. The molecular weight excluding hydrogens is 505 g/mol. The lowest BCUT2D eigenvalue weighted by molar-refractivity contribution is -0.123. The maximum atomic E-state index is 12.5. The number of carbonyl (C=O) groups is 2. The van der Waals surface area contributed by atoms with E-state index in [9.17, 15) is 9.59 Å². The van der Waals surface area contributed by atoms with E-state index >= 15 is 0 Å². The maximum absolute atomic E-state index is 12.5. The minimum Gasteiger partial charge on any atom is -0.353 e. The summed E-state index contributed by atoms with van der Waals surface area (Å²) in [7, 11) is 1.74. The van der Waals surface area contributed by atoms with Gasteiger partial charge in [0.2, 0.25) is 5.91 Å². The Labute approximate surface area is 200 Å². The van der Waals surface area contributed by atoms with E-state index in [1.165, 1.54) is 16.7 Å². The molecule has 31 heavy (non-hydrogen) atoms. The predicted molar refractivity (Wildman–Crippen MR) is 134 cm³/mol. The molecule has 1 fully saturated rings. The molecule has 2 amide bonds. The topological polar surface area (TPSA) is 85.8 Å². The normalized spacial score (nSPS) is 13.8. The zero-order chi connectivity index (χ0) is 21.5. The Hall–Kier alpha value is -2.62. The lowest BCUT2D eigenvalue weighted by Crippen LogP contribution is -2.49. The van der Waals surface area contributed by atoms with Crippen LogP contribution in [0.2, 0.25) is 0 Å². The van der Waals surface area contributed by atoms with Gasteiger partial charge in [-0.05, 0) is 42.7 Å². The van der Waals surface area contributed by atoms with Gasteiger partial charge in [-0.2, -0.15) is 0 Å². The van der Waals surface area contributed by atoms with E-state index in [4.69, 9.17) is 0 Å². The van der Waals surface area contributed by atoms with Crippen LogP contribution in [0, 0.1) is 13.8 Å². The molecule has 8 heteroatoms. The molecule has 0 atom stereocenters. The van der Waals surface area contributed by atoms with Crippen LogP contribution in [0.3, 0.4) is 0 Å². The van der Waals surface area contributed by atoms with Crippen molar-refractivity contribution >= 4 is 41.8 Å². The summed E-state index contributed by atoms with van der Waals surface area (Å²) in [6.07, 6.45) is 0. The highest BCUT2D eigenvalue weighted by Gasteiger charge is 2.22. The van der Waals surface area contributed by atoms with Crippen molar-refractivity contribution in [1.82, 2.24) is 20.9 Å². The number of aryl methyl sites for hydroxylation is 2. The number of rotatable bonds is 5. The van der Waals surface area contributed by atoms with Crippen LogP contribution in [-0.2, 0) is 17.9 Å². The molecule has 1 aliphatic rings. The summed E-state index contributed by atoms with van der Waals surface area (Å²) >= 11 is 0. The van der Waals surface area contributed by atoms with Crippen LogP contribution in [-0.4, -0.2) is 49.4 Å². The zero-order valence-electron chi connectivity index (χ0n) is 18.2. The Kier molecular flexibility index (Phi) is 9.29. The average molecular weight is 535 g/mol. The minimum atomic E-state index is -0.116. The van der Waals surface area contributed by atoms with Crippen molar-refractivity contribution in [3.05, 3.63) is 70.3 Å². The summed E-state index contributed by atoms with van der Waals surface area (Å²) < 4.78 is 0. The molecule has 1 aliphatic heterocycles. The van der Waals surface area contributed by atoms with Crippen LogP contribution in [0.4, 0.5) is 0 Å². The molecule has 0 aromatic heterocycles. The molecule has 0 spiro atoms. The molecule has 2 aromatic carbocycles. The van der Waals surface area contributed by atoms with Gasteiger partial charge in [0, 0.05) is 38.8 Å². The van der Waals surface area contributed by atoms with Crippen molar-refractivity contribution in [3.63, 3.8) is 0 Å². The second-order valence-electron chi connectivity index (χ2n) is 7.48. The molecule has 0 radical (unpaired) electrons. The molecule has 1 heterocycles. The van der Waals surface area contributed by atoms with Crippen molar-refractivity contribution < 1.29 is 9.59 Å². The molecule has 3 rings (SSSR count). The van der Waals surface area contributed by atoms with E-state index < -0.39 is 0 Å². The highest BCUT2D eigenvalue weighted by molar-refractivity contribution is 14.0. The second-order valence-corrected chi connectivity index (χ2v) is 7.48. The van der Waals surface area contributed by atoms with Crippen LogP contribution < -0.4 is 16.0 Å². The van der Waals surface area contributed by atoms with Crippen LogP contribution in [0.25, 0.3) is 0 Å². The van der Waals surface area contributed by atoms with E-state index in [0.29, 0.717) is 31.7 Å². The van der Waals surface area contributed by atoms with Gasteiger partial charge in [-0.25, -0.2) is 0 Å². The molecule has 166 valence electrons. The number of hydrogen-bond donors (Lipinski definition) is 3. The van der Waals surface area contributed by atoms with E-state index in [0.717, 1.165) is 11.5 Å². The van der Waals surface area contributed by atoms with Gasteiger partial charge in [0.05, 0.1) is 6.54 Å². The molecule has 2 aromatic rings. The Morgan fingerprint density at radius 3 is 2.45 bits per heavy atom. The number of carbonyl (C=O) groups excluding carboxylic acids is 2. The zero-order valence-corrected chi connectivity index (χ0v) is 20.5. The van der Waals surface area contributed by atoms with Gasteiger partial charge in [-0.1, -0.05) is 35.9 Å². The number of nitrogens with zero attached hydrogens (tertiary/aromatic N) is 2. The van der Waals surface area contributed by atoms with Crippen LogP contribution >= 0.6 is 24.0 Å². The number of aliphatic imine (C=N–C) groups is 1. The number of guanidine groups is 1. The molecule has 1 saturated heterocycles. The number of hydrogen-bond acceptors (Lipinski definition) is 3. The number of amides is 2. The third kappa shape index (κ3) is 6.95. The number of piperazine rings is 1. The van der Waals surface area contributed by atoms with Crippen molar-refractivity contribution in [2.45, 2.75) is 26.9 Å². The second kappa shape index (κ2) is 11.7. The number of nitrogens with one attached hydrogen (secondary N) is 3. The van der Waals surface area contributed by atoms with Gasteiger partial charge in [0.1, 0.15) is 0 Å². The van der Waals surface area contributed by atoms with Crippen LogP contribution in [0.15, 0.2) is 47.5 Å². The summed E-state index contributed by atoms with van der Waals surface area (Å²) in [6, 6.07) is 13.9. The quantitative estimate of drug-likeness (QED) is 0.312. The summed E-state index contributed by atoms with van der Waals surface area (Å²) in [5.74, 6) is 0.486. The molecular formula is C23H30IN5O2. The van der Waals surface area contributed by atoms with E-state index in [2.05, 4.69) is 53.0 Å². The smallest absolute Gasteiger partial charge is 0.254 e. The van der Waals surface area contributed by atoms with Crippen LogP contribution in [0.1, 0.15) is 32.6 Å². The molecule has 0 unspecified atom stereocenters. The summed E-state index contributed by atoms with van der Waals surface area (Å²) in [6.45, 7) is 6.64. The van der Waals surface area contributed by atoms with Gasteiger partial charge >= 0.3 is 0 Å². The van der Waals surface area contributed by atoms with Crippen molar-refractivity contribution in [3.8, 4) is 0 Å². The summed E-state index contributed by atoms with van der Waals surface area (Å²) in [5, 5.41) is 9.36. The third-order valence-corrected chi connectivity index (χ3v) is 5.15. The van der Waals surface area contributed by atoms with Gasteiger partial charge in [0.25, 0.3) is 5.91 Å². The first-order valence-corrected chi connectivity index (χ1v) is 10.1. The molecule has 0 aliphatic carbocycles. The molecule has 3 N–H and O–H groups in total. The Morgan fingerprint density at radius 1 is 1.10 bits per heavy atom. The fraction of sp³-hybridized carbons (Fsp3) is 0.348. The fourth-order valence-corrected chi connectivity index (χ4v) is 3.39. The van der Waals surface area contributed by atoms with Crippen LogP contribution in [0.5, 0.6) is 0 Å². The first kappa shape index (κ1) is 24.6. The molecule has 7 nitrogen and oxygen atoms in total. The van der Waals surface area contributed by atoms with Gasteiger partial charge in [0.15, 0.2) is 5.96 Å². The van der Waals surface area contributed by atoms with Crippen molar-refractivity contribution in [2.24, 2.45) is 4.99 Å². The monoisotopic (exact) mass is 535 g/mol. The maximum Gasteiger partial charge on any atom is 0.254 e. The van der Waals surface area contributed by atoms with E-state index in [1.54, 1.807) is 24.1 Å². The Balaban J connectivity index is 0.00000341. The Bertz CT molecular complexity index is 943. The molecule has 0 saturated carbocycles. The van der Waals surface area contributed by atoms with Crippen molar-refractivity contribution in [2.75, 3.05) is 26.7 Å². The highest BCUT2D eigenvalue weighted by atomic mass is 127. The first-order valence-electron chi connectivity index (χ1n) is 10.1. The number of halogens is 1. The highest BCUT2D eigenvalue weighted by Crippen LogP contribution is 2.11. The SMILES string of the molecule is CN=C(NCc1ccc(C(=O)N2CCNC(=O)C2)cc1)NCc1ccc(C)cc1C.I. The number of benzene rings is 2. The van der Waals surface area contributed by atoms with Gasteiger partial charge < -0.3 is 20.9 Å². The first-order chi connectivity index (χ1) is 14.5. The largest absolute Gasteiger partial charge is 0.353 e. The average Bonchev–Trinajstić information content (AvgIpc) is 2.75. The van der Waals surface area contributed by atoms with Gasteiger partial charge in [-0.3, -0.25) is 14.6 Å². The predicted octanol–water partition coefficient (Wildman–Crippen LogP) is 2.36. The Morgan fingerprint density at radius 2 is 1.81 bits per heavy atom. The minimum absolute atomic E-state index is 0. The van der Waals surface area contributed by atoms with E-state index in [1.807, 2.05) is 12.1 Å². The summed E-state index contributed by atoms with van der Waals surface area (Å²) in [4.78, 5) is 29.9. The van der Waals surface area contributed by atoms with Crippen molar-refractivity contribution in [1.29, 1.82) is 0 Å². The molecule has 0 bridgehead atoms. The van der Waals surface area contributed by atoms with E-state index in [-0.39, 0.29) is 42.3 Å². The fourth-order valence-electron chi connectivity index (χ4n) is 3.39. The summed E-state index contributed by atoms with van der Waals surface area (Å²) in [5.41, 5.74) is 5.37. The van der Waals surface area contributed by atoms with Gasteiger partial charge in [-0.15, -0.1) is 24.0 Å².